The molecule has 3 N–H and O–H groups in total. The molecular formula is C50H55NO12. The average Bonchev–Trinajstić information content (AvgIpc) is 3.25. The van der Waals surface area contributed by atoms with Crippen molar-refractivity contribution in [1.29, 1.82) is 0 Å². The van der Waals surface area contributed by atoms with Crippen LogP contribution in [0.5, 0.6) is 0 Å². The number of nitrogens with one attached hydrogen (secondary N) is 1. The van der Waals surface area contributed by atoms with Crippen molar-refractivity contribution in [2.45, 2.75) is 115 Å². The van der Waals surface area contributed by atoms with Crippen LogP contribution < -0.4 is 5.32 Å². The predicted octanol–water partition coefficient (Wildman–Crippen LogP) is 5.46. The Balaban J connectivity index is 1.36. The lowest BCUT2D eigenvalue weighted by Crippen LogP contribution is -2.80. The fourth-order valence-corrected chi connectivity index (χ4v) is 11.1. The van der Waals surface area contributed by atoms with Crippen molar-refractivity contribution in [2.24, 2.45) is 22.7 Å². The molecule has 3 aromatic carbocycles. The van der Waals surface area contributed by atoms with E-state index in [0.717, 1.165) is 5.56 Å². The van der Waals surface area contributed by atoms with Gasteiger partial charge in [-0.1, -0.05) is 107 Å². The SMILES string of the molecule is CC(=O)OC1C(=O)C2(C)C(C)CC3OCC34OC(=O)/C=C/Cc3ccccc3C(NC(=O)c3ccccc3)C(O)C(=O)OC3CC(O)(C(OCc5ccccc5)C42)C(C)(C)C1=C3C. The van der Waals surface area contributed by atoms with Crippen LogP contribution in [0.3, 0.4) is 0 Å². The van der Waals surface area contributed by atoms with Crippen molar-refractivity contribution < 1.29 is 57.9 Å². The number of carbonyl (C=O) groups is 5. The number of esters is 3. The minimum atomic E-state index is -2.05. The number of fused-ring (bicyclic) bond motifs is 3. The lowest BCUT2D eigenvalue weighted by atomic mass is 9.43. The molecule has 8 rings (SSSR count). The third-order valence-electron chi connectivity index (χ3n) is 14.8. The van der Waals surface area contributed by atoms with Gasteiger partial charge in [-0.25, -0.2) is 9.59 Å². The van der Waals surface area contributed by atoms with Crippen LogP contribution in [0.2, 0.25) is 0 Å². The monoisotopic (exact) mass is 861 g/mol. The van der Waals surface area contributed by atoms with Crippen molar-refractivity contribution in [3.63, 3.8) is 0 Å². The summed E-state index contributed by atoms with van der Waals surface area (Å²) in [6.45, 7) is 9.86. The van der Waals surface area contributed by atoms with Crippen molar-refractivity contribution in [3.8, 4) is 0 Å². The molecule has 2 aliphatic heterocycles. The molecule has 1 saturated heterocycles. The van der Waals surface area contributed by atoms with Crippen molar-refractivity contribution in [3.05, 3.63) is 130 Å². The number of carbonyl (C=O) groups excluding carboxylic acids is 5. The molecule has 332 valence electrons. The summed E-state index contributed by atoms with van der Waals surface area (Å²) >= 11 is 0. The second-order valence-corrected chi connectivity index (χ2v) is 18.5. The minimum absolute atomic E-state index is 0.0237. The van der Waals surface area contributed by atoms with Gasteiger partial charge in [0, 0.05) is 41.7 Å². The normalized spacial score (nSPS) is 35.3. The van der Waals surface area contributed by atoms with Crippen LogP contribution in [0, 0.1) is 22.7 Å². The van der Waals surface area contributed by atoms with Gasteiger partial charge in [-0.05, 0) is 65.7 Å². The molecule has 3 aromatic rings. The van der Waals surface area contributed by atoms with E-state index in [1.54, 1.807) is 88.4 Å². The quantitative estimate of drug-likeness (QED) is 0.162. The van der Waals surface area contributed by atoms with E-state index in [4.69, 9.17) is 23.7 Å². The van der Waals surface area contributed by atoms with Crippen LogP contribution in [0.4, 0.5) is 0 Å². The summed E-state index contributed by atoms with van der Waals surface area (Å²) in [6, 6.07) is 23.2. The molecule has 2 heterocycles. The molecule has 11 unspecified atom stereocenters. The first-order valence-corrected chi connectivity index (χ1v) is 21.6. The van der Waals surface area contributed by atoms with Gasteiger partial charge in [-0.15, -0.1) is 0 Å². The first-order chi connectivity index (χ1) is 29.9. The van der Waals surface area contributed by atoms with E-state index in [1.165, 1.54) is 13.0 Å². The number of benzene rings is 3. The fourth-order valence-electron chi connectivity index (χ4n) is 11.1. The molecule has 3 fully saturated rings. The van der Waals surface area contributed by atoms with Gasteiger partial charge in [0.1, 0.15) is 17.8 Å². The third-order valence-corrected chi connectivity index (χ3v) is 14.8. The molecule has 5 aliphatic rings. The Bertz CT molecular complexity index is 2360. The van der Waals surface area contributed by atoms with Gasteiger partial charge < -0.3 is 39.2 Å². The number of Topliss-reactive ketones (excluding diaryl/α,β-unsaturated/α-hetero) is 1. The van der Waals surface area contributed by atoms with E-state index >= 15 is 4.79 Å². The predicted molar refractivity (Wildman–Crippen MR) is 227 cm³/mol. The summed E-state index contributed by atoms with van der Waals surface area (Å²) in [5.41, 5.74) is -3.87. The summed E-state index contributed by atoms with van der Waals surface area (Å²) in [5, 5.41) is 28.8. The molecule has 13 heteroatoms. The Kier molecular flexibility index (Phi) is 11.6. The number of rotatable bonds is 6. The minimum Gasteiger partial charge on any atom is -0.456 e. The van der Waals surface area contributed by atoms with Gasteiger partial charge in [-0.2, -0.15) is 0 Å². The standard InChI is InChI=1S/C50H55NO12/c1-28-24-36-49(27-60-36)42-44(59-26-31-16-9-7-10-17-31)50(58)25-35(29(2)38(47(50,4)5)41(61-30(3)52)43(55)48(28,42)6)62-46(57)40(54)39(51-45(56)33-19-11-8-12-20-33)34-22-14-13-18-32(34)21-15-23-37(53)63-49/h7-20,22-23,28,35-36,39-42,44,54,58H,21,24-27H2,1-6H3,(H,51,56)/b23-15+. The molecule has 11 atom stereocenters. The maximum Gasteiger partial charge on any atom is 0.338 e. The highest BCUT2D eigenvalue weighted by atomic mass is 16.6. The number of amides is 1. The van der Waals surface area contributed by atoms with Crippen LogP contribution in [0.15, 0.2) is 108 Å². The summed E-state index contributed by atoms with van der Waals surface area (Å²) < 4.78 is 32.1. The molecule has 1 amide bonds. The number of ether oxygens (including phenoxy) is 5. The van der Waals surface area contributed by atoms with Gasteiger partial charge in [0.15, 0.2) is 23.6 Å². The lowest BCUT2D eigenvalue weighted by molar-refractivity contribution is -0.345. The summed E-state index contributed by atoms with van der Waals surface area (Å²) in [5.74, 6) is -5.24. The van der Waals surface area contributed by atoms with Crippen LogP contribution >= 0.6 is 0 Å². The number of allylic oxidation sites excluding steroid dienone is 1. The highest BCUT2D eigenvalue weighted by Gasteiger charge is 2.77. The van der Waals surface area contributed by atoms with Crippen LogP contribution in [0.1, 0.15) is 87.5 Å². The average molecular weight is 862 g/mol. The lowest BCUT2D eigenvalue weighted by Gasteiger charge is -2.68. The largest absolute Gasteiger partial charge is 0.456 e. The maximum absolute atomic E-state index is 15.8. The third kappa shape index (κ3) is 7.32. The first-order valence-electron chi connectivity index (χ1n) is 21.6. The highest BCUT2D eigenvalue weighted by molar-refractivity contribution is 5.96. The van der Waals surface area contributed by atoms with Crippen molar-refractivity contribution in [1.82, 2.24) is 5.32 Å². The Morgan fingerprint density at radius 3 is 2.27 bits per heavy atom. The van der Waals surface area contributed by atoms with Crippen molar-refractivity contribution in [2.75, 3.05) is 6.61 Å². The summed E-state index contributed by atoms with van der Waals surface area (Å²) in [6.07, 6.45) is -3.89. The van der Waals surface area contributed by atoms with Gasteiger partial charge in [0.25, 0.3) is 5.91 Å². The van der Waals surface area contributed by atoms with Crippen LogP contribution in [0.25, 0.3) is 0 Å². The highest BCUT2D eigenvalue weighted by Crippen LogP contribution is 2.65. The second-order valence-electron chi connectivity index (χ2n) is 18.5. The van der Waals surface area contributed by atoms with E-state index in [9.17, 15) is 29.4 Å². The molecule has 63 heavy (non-hydrogen) atoms. The first kappa shape index (κ1) is 44.1. The zero-order valence-electron chi connectivity index (χ0n) is 36.4. The molecule has 1 spiro atoms. The van der Waals surface area contributed by atoms with E-state index in [0.29, 0.717) is 23.1 Å². The Morgan fingerprint density at radius 1 is 0.937 bits per heavy atom. The number of hydrogen-bond acceptors (Lipinski definition) is 12. The Labute approximate surface area is 366 Å². The zero-order valence-corrected chi connectivity index (χ0v) is 36.4. The molecule has 0 radical (unpaired) electrons. The van der Waals surface area contributed by atoms with Gasteiger partial charge in [0.2, 0.25) is 0 Å². The van der Waals surface area contributed by atoms with Crippen LogP contribution in [-0.4, -0.2) is 88.1 Å². The second kappa shape index (κ2) is 16.6. The molecule has 0 aromatic heterocycles. The van der Waals surface area contributed by atoms with E-state index in [2.05, 4.69) is 5.32 Å². The number of ketones is 1. The Morgan fingerprint density at radius 2 is 1.60 bits per heavy atom. The molecular weight excluding hydrogens is 807 g/mol. The van der Waals surface area contributed by atoms with Gasteiger partial charge >= 0.3 is 17.9 Å². The van der Waals surface area contributed by atoms with Crippen LogP contribution in [-0.2, 0) is 55.9 Å². The summed E-state index contributed by atoms with van der Waals surface area (Å²) in [4.78, 5) is 71.5. The molecule has 2 saturated carbocycles. The topological polar surface area (TPSA) is 184 Å². The summed E-state index contributed by atoms with van der Waals surface area (Å²) in [7, 11) is 0. The molecule has 4 bridgehead atoms. The number of aliphatic hydroxyl groups is 2. The molecule has 13 nitrogen and oxygen atoms in total. The molecule has 3 aliphatic carbocycles. The number of hydrogen-bond donors (Lipinski definition) is 3. The van der Waals surface area contributed by atoms with E-state index in [1.807, 2.05) is 37.3 Å². The van der Waals surface area contributed by atoms with Crippen molar-refractivity contribution >= 4 is 29.6 Å². The Hall–Kier alpha value is -5.47. The fraction of sp³-hybridized carbons (Fsp3) is 0.460. The number of aliphatic hydroxyl groups excluding tert-OH is 1. The van der Waals surface area contributed by atoms with E-state index in [-0.39, 0.29) is 37.2 Å². The maximum atomic E-state index is 15.8. The smallest absolute Gasteiger partial charge is 0.338 e. The zero-order chi connectivity index (χ0) is 45.1. The van der Waals surface area contributed by atoms with Gasteiger partial charge in [-0.3, -0.25) is 14.4 Å². The van der Waals surface area contributed by atoms with Gasteiger partial charge in [0.05, 0.1) is 25.4 Å². The van der Waals surface area contributed by atoms with E-state index < -0.39 is 100 Å².